The van der Waals surface area contributed by atoms with Gasteiger partial charge in [0.05, 0.1) is 14.2 Å². The predicted octanol–water partition coefficient (Wildman–Crippen LogP) is 4.04. The smallest absolute Gasteiger partial charge is 0.308 e. The first kappa shape index (κ1) is 24.1. The molecule has 0 unspecified atom stereocenters. The molecule has 8 heteroatoms. The topological polar surface area (TPSA) is 103 Å². The number of rotatable bonds is 8. The second-order valence-electron chi connectivity index (χ2n) is 7.06. The summed E-state index contributed by atoms with van der Waals surface area (Å²) in [5.74, 6) is -0.280. The summed E-state index contributed by atoms with van der Waals surface area (Å²) in [4.78, 5) is 37.1. The number of carbonyl (C=O) groups excluding carboxylic acids is 3. The van der Waals surface area contributed by atoms with Crippen LogP contribution in [0.1, 0.15) is 22.8 Å². The summed E-state index contributed by atoms with van der Waals surface area (Å²) in [7, 11) is 2.98. The Morgan fingerprint density at radius 3 is 2.15 bits per heavy atom. The fourth-order valence-electron chi connectivity index (χ4n) is 2.99. The van der Waals surface area contributed by atoms with Crippen LogP contribution in [0, 0.1) is 0 Å². The maximum atomic E-state index is 13.1. The summed E-state index contributed by atoms with van der Waals surface area (Å²) in [6, 6.07) is 20.1. The number of benzene rings is 3. The third-order valence-corrected chi connectivity index (χ3v) is 4.63. The molecule has 3 aromatic carbocycles. The van der Waals surface area contributed by atoms with Gasteiger partial charge in [-0.3, -0.25) is 14.4 Å². The molecule has 0 aliphatic carbocycles. The molecule has 0 atom stereocenters. The van der Waals surface area contributed by atoms with Gasteiger partial charge in [-0.2, -0.15) is 0 Å². The van der Waals surface area contributed by atoms with Crippen LogP contribution in [-0.2, 0) is 9.59 Å². The van der Waals surface area contributed by atoms with E-state index in [1.54, 1.807) is 79.9 Å². The van der Waals surface area contributed by atoms with Crippen molar-refractivity contribution in [1.82, 2.24) is 5.32 Å². The van der Waals surface area contributed by atoms with Crippen LogP contribution in [-0.4, -0.2) is 32.0 Å². The normalized spacial score (nSPS) is 10.7. The Labute approximate surface area is 197 Å². The highest BCUT2D eigenvalue weighted by Crippen LogP contribution is 2.29. The van der Waals surface area contributed by atoms with Gasteiger partial charge >= 0.3 is 5.97 Å². The Hall–Kier alpha value is -4.59. The Morgan fingerprint density at radius 2 is 1.53 bits per heavy atom. The maximum absolute atomic E-state index is 13.1. The van der Waals surface area contributed by atoms with E-state index in [1.807, 2.05) is 0 Å². The summed E-state index contributed by atoms with van der Waals surface area (Å²) < 4.78 is 15.5. The Morgan fingerprint density at radius 1 is 0.824 bits per heavy atom. The Bertz CT molecular complexity index is 1200. The minimum Gasteiger partial charge on any atom is -0.497 e. The lowest BCUT2D eigenvalue weighted by Gasteiger charge is -2.13. The zero-order valence-electron chi connectivity index (χ0n) is 19.0. The summed E-state index contributed by atoms with van der Waals surface area (Å²) in [5.41, 5.74) is 1.47. The fourth-order valence-corrected chi connectivity index (χ4v) is 2.99. The van der Waals surface area contributed by atoms with Crippen molar-refractivity contribution in [2.24, 2.45) is 0 Å². The second-order valence-corrected chi connectivity index (χ2v) is 7.06. The molecule has 0 fully saturated rings. The van der Waals surface area contributed by atoms with Gasteiger partial charge in [-0.05, 0) is 60.2 Å². The number of methoxy groups -OCH3 is 2. The monoisotopic (exact) mass is 460 g/mol. The highest BCUT2D eigenvalue weighted by molar-refractivity contribution is 6.10. The molecule has 0 heterocycles. The summed E-state index contributed by atoms with van der Waals surface area (Å²) >= 11 is 0. The number of anilines is 1. The maximum Gasteiger partial charge on any atom is 0.308 e. The standard InChI is InChI=1S/C26H24N2O6/c1-17(29)34-23-14-9-18(16-24(23)33-3)15-22(28-25(30)19-7-5-4-6-8-19)26(31)27-20-10-12-21(32-2)13-11-20/h4-16H,1-3H3,(H,27,31)(H,28,30). The zero-order chi connectivity index (χ0) is 24.5. The van der Waals surface area contributed by atoms with Crippen LogP contribution in [0.3, 0.4) is 0 Å². The summed E-state index contributed by atoms with van der Waals surface area (Å²) in [6.07, 6.45) is 1.50. The van der Waals surface area contributed by atoms with E-state index < -0.39 is 17.8 Å². The fraction of sp³-hybridized carbons (Fsp3) is 0.115. The first-order valence-corrected chi connectivity index (χ1v) is 10.3. The number of nitrogens with one attached hydrogen (secondary N) is 2. The van der Waals surface area contributed by atoms with Crippen molar-refractivity contribution in [3.63, 3.8) is 0 Å². The second kappa shape index (κ2) is 11.3. The minimum absolute atomic E-state index is 0.00644. The van der Waals surface area contributed by atoms with Gasteiger partial charge in [0.15, 0.2) is 11.5 Å². The molecule has 2 amide bonds. The molecule has 2 N–H and O–H groups in total. The van der Waals surface area contributed by atoms with Crippen LogP contribution in [0.4, 0.5) is 5.69 Å². The van der Waals surface area contributed by atoms with Crippen molar-refractivity contribution in [3.05, 3.63) is 89.6 Å². The zero-order valence-corrected chi connectivity index (χ0v) is 19.0. The van der Waals surface area contributed by atoms with E-state index in [-0.39, 0.29) is 11.4 Å². The lowest BCUT2D eigenvalue weighted by Crippen LogP contribution is -2.30. The van der Waals surface area contributed by atoms with E-state index in [0.717, 1.165) is 0 Å². The Balaban J connectivity index is 1.92. The van der Waals surface area contributed by atoms with E-state index in [1.165, 1.54) is 20.1 Å². The molecule has 3 rings (SSSR count). The molecule has 34 heavy (non-hydrogen) atoms. The molecule has 0 aliphatic rings. The largest absolute Gasteiger partial charge is 0.497 e. The third kappa shape index (κ3) is 6.46. The molecule has 3 aromatic rings. The lowest BCUT2D eigenvalue weighted by atomic mass is 10.1. The highest BCUT2D eigenvalue weighted by Gasteiger charge is 2.16. The van der Waals surface area contributed by atoms with Gasteiger partial charge in [0, 0.05) is 18.2 Å². The van der Waals surface area contributed by atoms with Crippen molar-refractivity contribution >= 4 is 29.5 Å². The first-order chi connectivity index (χ1) is 16.4. The average molecular weight is 460 g/mol. The van der Waals surface area contributed by atoms with E-state index in [2.05, 4.69) is 10.6 Å². The van der Waals surface area contributed by atoms with Gasteiger partial charge in [0.1, 0.15) is 11.4 Å². The van der Waals surface area contributed by atoms with E-state index in [9.17, 15) is 14.4 Å². The Kier molecular flexibility index (Phi) is 8.02. The molecule has 0 aliphatic heterocycles. The van der Waals surface area contributed by atoms with Crippen LogP contribution in [0.5, 0.6) is 17.2 Å². The number of carbonyl (C=O) groups is 3. The lowest BCUT2D eigenvalue weighted by molar-refractivity contribution is -0.132. The molecule has 0 radical (unpaired) electrons. The van der Waals surface area contributed by atoms with E-state index >= 15 is 0 Å². The van der Waals surface area contributed by atoms with Crippen LogP contribution in [0.15, 0.2) is 78.5 Å². The third-order valence-electron chi connectivity index (χ3n) is 4.63. The van der Waals surface area contributed by atoms with Gasteiger partial charge < -0.3 is 24.8 Å². The van der Waals surface area contributed by atoms with Crippen molar-refractivity contribution in [1.29, 1.82) is 0 Å². The first-order valence-electron chi connectivity index (χ1n) is 10.3. The summed E-state index contributed by atoms with van der Waals surface area (Å²) in [5, 5.41) is 5.43. The van der Waals surface area contributed by atoms with Crippen molar-refractivity contribution < 1.29 is 28.6 Å². The molecule has 0 aromatic heterocycles. The summed E-state index contributed by atoms with van der Waals surface area (Å²) in [6.45, 7) is 1.29. The van der Waals surface area contributed by atoms with E-state index in [0.29, 0.717) is 28.3 Å². The molecule has 0 saturated carbocycles. The highest BCUT2D eigenvalue weighted by atomic mass is 16.6. The predicted molar refractivity (Wildman–Crippen MR) is 128 cm³/mol. The van der Waals surface area contributed by atoms with Crippen LogP contribution in [0.2, 0.25) is 0 Å². The van der Waals surface area contributed by atoms with E-state index in [4.69, 9.17) is 14.2 Å². The molecule has 0 saturated heterocycles. The van der Waals surface area contributed by atoms with Gasteiger partial charge in [0.2, 0.25) is 0 Å². The SMILES string of the molecule is COc1ccc(NC(=O)C(=Cc2ccc(OC(C)=O)c(OC)c2)NC(=O)c2ccccc2)cc1. The average Bonchev–Trinajstić information content (AvgIpc) is 2.85. The number of amides is 2. The number of esters is 1. The van der Waals surface area contributed by atoms with Crippen molar-refractivity contribution in [2.45, 2.75) is 6.92 Å². The number of hydrogen-bond acceptors (Lipinski definition) is 6. The van der Waals surface area contributed by atoms with Crippen molar-refractivity contribution in [3.8, 4) is 17.2 Å². The van der Waals surface area contributed by atoms with Gasteiger partial charge in [-0.15, -0.1) is 0 Å². The molecule has 174 valence electrons. The minimum atomic E-state index is -0.530. The van der Waals surface area contributed by atoms with Crippen molar-refractivity contribution in [2.75, 3.05) is 19.5 Å². The molecule has 0 bridgehead atoms. The molecule has 0 spiro atoms. The molecular formula is C26H24N2O6. The number of ether oxygens (including phenoxy) is 3. The van der Waals surface area contributed by atoms with Gasteiger partial charge in [-0.25, -0.2) is 0 Å². The quantitative estimate of drug-likeness (QED) is 0.299. The molecular weight excluding hydrogens is 436 g/mol. The van der Waals surface area contributed by atoms with Crippen LogP contribution < -0.4 is 24.8 Å². The van der Waals surface area contributed by atoms with Gasteiger partial charge in [-0.1, -0.05) is 24.3 Å². The van der Waals surface area contributed by atoms with Crippen LogP contribution in [0.25, 0.3) is 6.08 Å². The number of hydrogen-bond donors (Lipinski definition) is 2. The molecule has 8 nitrogen and oxygen atoms in total. The van der Waals surface area contributed by atoms with Crippen LogP contribution >= 0.6 is 0 Å². The van der Waals surface area contributed by atoms with Gasteiger partial charge in [0.25, 0.3) is 11.8 Å².